The Morgan fingerprint density at radius 3 is 3.00 bits per heavy atom. The van der Waals surface area contributed by atoms with Crippen molar-refractivity contribution in [1.29, 1.82) is 0 Å². The molecule has 3 nitrogen and oxygen atoms in total. The zero-order valence-electron chi connectivity index (χ0n) is 7.38. The molecule has 0 unspecified atom stereocenters. The van der Waals surface area contributed by atoms with Crippen LogP contribution in [-0.4, -0.2) is 13.1 Å². The van der Waals surface area contributed by atoms with E-state index in [4.69, 9.17) is 16.3 Å². The quantitative estimate of drug-likeness (QED) is 0.728. The average molecular weight is 277 g/mol. The molecule has 1 aliphatic rings. The summed E-state index contributed by atoms with van der Waals surface area (Å²) in [6.45, 7) is 0.233. The Kier molecular flexibility index (Phi) is 2.41. The molecule has 2 rings (SSSR count). The van der Waals surface area contributed by atoms with Crippen LogP contribution in [0.4, 0.5) is 10.5 Å². The Bertz CT molecular complexity index is 408. The Hall–Kier alpha value is -0.740. The van der Waals surface area contributed by atoms with Crippen LogP contribution < -0.4 is 4.90 Å². The lowest BCUT2D eigenvalue weighted by Gasteiger charge is -2.26. The molecule has 0 saturated heterocycles. The van der Waals surface area contributed by atoms with E-state index < -0.39 is 0 Å². The lowest BCUT2D eigenvalue weighted by Crippen LogP contribution is -2.32. The van der Waals surface area contributed by atoms with Gasteiger partial charge in [-0.05, 0) is 28.1 Å². The molecule has 5 heteroatoms. The van der Waals surface area contributed by atoms with Crippen LogP contribution in [0.3, 0.4) is 0 Å². The van der Waals surface area contributed by atoms with Gasteiger partial charge in [0.1, 0.15) is 6.61 Å². The van der Waals surface area contributed by atoms with E-state index in [2.05, 4.69) is 15.9 Å². The molecule has 0 aromatic heterocycles. The molecule has 0 spiro atoms. The van der Waals surface area contributed by atoms with Gasteiger partial charge in [-0.3, -0.25) is 4.90 Å². The molecule has 0 aliphatic carbocycles. The van der Waals surface area contributed by atoms with Crippen molar-refractivity contribution in [3.63, 3.8) is 0 Å². The van der Waals surface area contributed by atoms with E-state index in [9.17, 15) is 4.79 Å². The Morgan fingerprint density at radius 1 is 1.57 bits per heavy atom. The van der Waals surface area contributed by atoms with E-state index >= 15 is 0 Å². The van der Waals surface area contributed by atoms with Crippen LogP contribution in [0.1, 0.15) is 5.56 Å². The molecule has 1 amide bonds. The van der Waals surface area contributed by atoms with Gasteiger partial charge in [-0.15, -0.1) is 0 Å². The summed E-state index contributed by atoms with van der Waals surface area (Å²) < 4.78 is 5.74. The number of cyclic esters (lactones) is 1. The van der Waals surface area contributed by atoms with Gasteiger partial charge in [-0.2, -0.15) is 0 Å². The van der Waals surface area contributed by atoms with Crippen LogP contribution >= 0.6 is 27.5 Å². The molecule has 0 fully saturated rings. The lowest BCUT2D eigenvalue weighted by atomic mass is 10.1. The van der Waals surface area contributed by atoms with Crippen molar-refractivity contribution in [3.8, 4) is 0 Å². The number of nitrogens with zero attached hydrogens (tertiary/aromatic N) is 1. The minimum absolute atomic E-state index is 0.233. The highest BCUT2D eigenvalue weighted by Crippen LogP contribution is 2.36. The van der Waals surface area contributed by atoms with E-state index in [1.54, 1.807) is 7.05 Å². The minimum atomic E-state index is -0.351. The Morgan fingerprint density at radius 2 is 2.29 bits per heavy atom. The summed E-state index contributed by atoms with van der Waals surface area (Å²) in [6.07, 6.45) is -0.351. The van der Waals surface area contributed by atoms with Crippen LogP contribution in [0, 0.1) is 0 Å². The number of anilines is 1. The molecular formula is C9H7BrClNO2. The highest BCUT2D eigenvalue weighted by Gasteiger charge is 2.24. The number of amides is 1. The third-order valence-corrected chi connectivity index (χ3v) is 3.47. The third kappa shape index (κ3) is 1.38. The van der Waals surface area contributed by atoms with Crippen LogP contribution in [0.25, 0.3) is 0 Å². The zero-order valence-corrected chi connectivity index (χ0v) is 9.72. The molecule has 1 heterocycles. The maximum atomic E-state index is 11.2. The van der Waals surface area contributed by atoms with Crippen molar-refractivity contribution < 1.29 is 9.53 Å². The first-order chi connectivity index (χ1) is 6.61. The van der Waals surface area contributed by atoms with Gasteiger partial charge in [0.05, 0.1) is 10.7 Å². The van der Waals surface area contributed by atoms with Gasteiger partial charge in [0.25, 0.3) is 0 Å². The highest BCUT2D eigenvalue weighted by molar-refractivity contribution is 9.10. The van der Waals surface area contributed by atoms with E-state index in [-0.39, 0.29) is 12.7 Å². The summed E-state index contributed by atoms with van der Waals surface area (Å²) >= 11 is 9.38. The van der Waals surface area contributed by atoms with Crippen molar-refractivity contribution in [2.75, 3.05) is 11.9 Å². The van der Waals surface area contributed by atoms with Crippen molar-refractivity contribution >= 4 is 39.3 Å². The average Bonchev–Trinajstić information content (AvgIpc) is 2.17. The minimum Gasteiger partial charge on any atom is -0.444 e. The Labute approximate surface area is 94.7 Å². The van der Waals surface area contributed by atoms with E-state index in [0.29, 0.717) is 5.02 Å². The van der Waals surface area contributed by atoms with Gasteiger partial charge in [0, 0.05) is 17.1 Å². The first kappa shape index (κ1) is 9.80. The summed E-state index contributed by atoms with van der Waals surface area (Å²) in [5, 5.41) is 0.599. The van der Waals surface area contributed by atoms with Gasteiger partial charge in [-0.1, -0.05) is 11.6 Å². The smallest absolute Gasteiger partial charge is 0.414 e. The topological polar surface area (TPSA) is 29.5 Å². The first-order valence-corrected chi connectivity index (χ1v) is 5.15. The number of hydrogen-bond donors (Lipinski definition) is 0. The fourth-order valence-electron chi connectivity index (χ4n) is 1.36. The predicted octanol–water partition coefficient (Wildman–Crippen LogP) is 3.19. The molecule has 0 radical (unpaired) electrons. The molecule has 1 aromatic rings. The summed E-state index contributed by atoms with van der Waals surface area (Å²) in [5.74, 6) is 0. The predicted molar refractivity (Wildman–Crippen MR) is 57.7 cm³/mol. The molecule has 0 bridgehead atoms. The van der Waals surface area contributed by atoms with Gasteiger partial charge in [0.2, 0.25) is 0 Å². The van der Waals surface area contributed by atoms with Gasteiger partial charge in [-0.25, -0.2) is 4.79 Å². The van der Waals surface area contributed by atoms with Crippen LogP contribution in [-0.2, 0) is 11.3 Å². The standard InChI is InChI=1S/C9H7BrClNO2/c1-12-7-3-2-6(10)8(11)5(7)4-14-9(12)13/h2-3H,4H2,1H3. The van der Waals surface area contributed by atoms with Crippen LogP contribution in [0.2, 0.25) is 5.02 Å². The molecule has 14 heavy (non-hydrogen) atoms. The molecule has 74 valence electrons. The second-order valence-electron chi connectivity index (χ2n) is 2.97. The molecule has 0 saturated carbocycles. The van der Waals surface area contributed by atoms with E-state index in [1.807, 2.05) is 12.1 Å². The number of halogens is 2. The van der Waals surface area contributed by atoms with Crippen LogP contribution in [0.15, 0.2) is 16.6 Å². The maximum absolute atomic E-state index is 11.2. The van der Waals surface area contributed by atoms with Gasteiger partial charge < -0.3 is 4.74 Å². The molecule has 1 aromatic carbocycles. The molecule has 1 aliphatic heterocycles. The lowest BCUT2D eigenvalue weighted by molar-refractivity contribution is 0.143. The molecular weight excluding hydrogens is 269 g/mol. The summed E-state index contributed by atoms with van der Waals surface area (Å²) in [6, 6.07) is 3.65. The molecule has 0 atom stereocenters. The summed E-state index contributed by atoms with van der Waals surface area (Å²) in [5.41, 5.74) is 1.64. The fraction of sp³-hybridized carbons (Fsp3) is 0.222. The summed E-state index contributed by atoms with van der Waals surface area (Å²) in [7, 11) is 1.66. The SMILES string of the molecule is CN1C(=O)OCc2c1ccc(Br)c2Cl. The normalized spacial score (nSPS) is 15.1. The number of benzene rings is 1. The number of ether oxygens (including phenoxy) is 1. The number of rotatable bonds is 0. The van der Waals surface area contributed by atoms with Gasteiger partial charge in [0.15, 0.2) is 0 Å². The van der Waals surface area contributed by atoms with Gasteiger partial charge >= 0.3 is 6.09 Å². The summed E-state index contributed by atoms with van der Waals surface area (Å²) in [4.78, 5) is 12.6. The Balaban J connectivity index is 2.59. The second-order valence-corrected chi connectivity index (χ2v) is 4.20. The van der Waals surface area contributed by atoms with Crippen molar-refractivity contribution in [1.82, 2.24) is 0 Å². The van der Waals surface area contributed by atoms with Crippen LogP contribution in [0.5, 0.6) is 0 Å². The first-order valence-electron chi connectivity index (χ1n) is 3.98. The number of carbonyl (C=O) groups excluding carboxylic acids is 1. The monoisotopic (exact) mass is 275 g/mol. The van der Waals surface area contributed by atoms with Crippen molar-refractivity contribution in [3.05, 3.63) is 27.2 Å². The zero-order chi connectivity index (χ0) is 10.3. The van der Waals surface area contributed by atoms with E-state index in [0.717, 1.165) is 15.7 Å². The van der Waals surface area contributed by atoms with E-state index in [1.165, 1.54) is 4.90 Å². The highest BCUT2D eigenvalue weighted by atomic mass is 79.9. The largest absolute Gasteiger partial charge is 0.444 e. The number of fused-ring (bicyclic) bond motifs is 1. The maximum Gasteiger partial charge on any atom is 0.414 e. The fourth-order valence-corrected chi connectivity index (χ4v) is 1.95. The number of carbonyl (C=O) groups is 1. The van der Waals surface area contributed by atoms with Crippen molar-refractivity contribution in [2.45, 2.75) is 6.61 Å². The number of hydrogen-bond acceptors (Lipinski definition) is 2. The second kappa shape index (κ2) is 3.44. The molecule has 0 N–H and O–H groups in total. The van der Waals surface area contributed by atoms with Crippen molar-refractivity contribution in [2.24, 2.45) is 0 Å². The third-order valence-electron chi connectivity index (χ3n) is 2.15.